The maximum atomic E-state index is 3.92. The largest absolute Gasteiger partial charge is 0.103 e. The van der Waals surface area contributed by atoms with Crippen LogP contribution in [0, 0.1) is 31.6 Å². The lowest BCUT2D eigenvalue weighted by molar-refractivity contribution is 0.386. The van der Waals surface area contributed by atoms with Crippen LogP contribution in [0.2, 0.25) is 0 Å². The summed E-state index contributed by atoms with van der Waals surface area (Å²) < 4.78 is 0. The Morgan fingerprint density at radius 3 is 1.58 bits per heavy atom. The molecule has 26 heavy (non-hydrogen) atoms. The predicted octanol–water partition coefficient (Wildman–Crippen LogP) is 9.10. The van der Waals surface area contributed by atoms with Crippen molar-refractivity contribution in [3.05, 3.63) is 13.8 Å². The van der Waals surface area contributed by atoms with Crippen molar-refractivity contribution in [3.8, 4) is 11.8 Å². The highest BCUT2D eigenvalue weighted by Crippen LogP contribution is 2.22. The molecule has 0 heterocycles. The second-order valence-electron chi connectivity index (χ2n) is 8.04. The molecule has 0 bridgehead atoms. The van der Waals surface area contributed by atoms with Gasteiger partial charge in [-0.15, -0.1) is 11.8 Å². The third-order valence-electron chi connectivity index (χ3n) is 5.40. The summed E-state index contributed by atoms with van der Waals surface area (Å²) in [5, 5.41) is 0. The van der Waals surface area contributed by atoms with Gasteiger partial charge in [-0.3, -0.25) is 0 Å². The normalized spacial score (nSPS) is 12.0. The first kappa shape index (κ1) is 25.6. The van der Waals surface area contributed by atoms with Crippen LogP contribution in [0.5, 0.6) is 0 Å². The van der Waals surface area contributed by atoms with Crippen molar-refractivity contribution in [1.82, 2.24) is 0 Å². The van der Waals surface area contributed by atoms with Gasteiger partial charge >= 0.3 is 0 Å². The van der Waals surface area contributed by atoms with Gasteiger partial charge in [0.15, 0.2) is 0 Å². The Morgan fingerprint density at radius 1 is 0.538 bits per heavy atom. The van der Waals surface area contributed by atoms with Crippen LogP contribution in [0.4, 0.5) is 0 Å². The van der Waals surface area contributed by atoms with Gasteiger partial charge in [0, 0.05) is 12.8 Å². The molecule has 0 nitrogen and oxygen atoms in total. The Morgan fingerprint density at radius 2 is 1.00 bits per heavy atom. The van der Waals surface area contributed by atoms with E-state index in [1.807, 2.05) is 0 Å². The van der Waals surface area contributed by atoms with Crippen LogP contribution in [0.15, 0.2) is 0 Å². The molecule has 0 aliphatic rings. The summed E-state index contributed by atoms with van der Waals surface area (Å²) in [6.45, 7) is 10.2. The molecule has 152 valence electrons. The smallest absolute Gasteiger partial charge is 0.00887 e. The summed E-state index contributed by atoms with van der Waals surface area (Å²) in [5.74, 6) is 7.76. The molecule has 0 aromatic carbocycles. The molecule has 0 saturated carbocycles. The number of hydrogen-bond donors (Lipinski definition) is 0. The van der Waals surface area contributed by atoms with Crippen LogP contribution in [0.3, 0.4) is 0 Å². The van der Waals surface area contributed by atoms with Crippen molar-refractivity contribution in [2.24, 2.45) is 5.92 Å². The average Bonchev–Trinajstić information content (AvgIpc) is 2.65. The molecule has 0 fully saturated rings. The summed E-state index contributed by atoms with van der Waals surface area (Å²) in [5.41, 5.74) is 0. The molecule has 0 saturated heterocycles. The standard InChI is InChI=1S/C26H48/c1-4-7-9-11-13-14-15-16-18-20-22-25-26(23-6-3)24-21-19-17-12-10-8-5-2/h26H,1-2,4-15,17,19-25H2,3H3. The molecule has 1 unspecified atom stereocenters. The van der Waals surface area contributed by atoms with Crippen molar-refractivity contribution in [3.63, 3.8) is 0 Å². The van der Waals surface area contributed by atoms with E-state index in [4.69, 9.17) is 0 Å². The van der Waals surface area contributed by atoms with Gasteiger partial charge in [0.2, 0.25) is 0 Å². The van der Waals surface area contributed by atoms with Crippen LogP contribution >= 0.6 is 0 Å². The van der Waals surface area contributed by atoms with Crippen LogP contribution in [-0.4, -0.2) is 0 Å². The zero-order chi connectivity index (χ0) is 19.1. The Bertz CT molecular complexity index is 306. The molecule has 0 aliphatic carbocycles. The van der Waals surface area contributed by atoms with Crippen molar-refractivity contribution >= 4 is 0 Å². The van der Waals surface area contributed by atoms with E-state index < -0.39 is 0 Å². The van der Waals surface area contributed by atoms with E-state index in [0.29, 0.717) is 0 Å². The molecule has 0 rings (SSSR count). The second-order valence-corrected chi connectivity index (χ2v) is 8.04. The molecule has 0 aromatic heterocycles. The average molecular weight is 361 g/mol. The highest BCUT2D eigenvalue weighted by Gasteiger charge is 2.07. The van der Waals surface area contributed by atoms with Crippen LogP contribution in [0.25, 0.3) is 0 Å². The van der Waals surface area contributed by atoms with E-state index >= 15 is 0 Å². The molecule has 0 heteroatoms. The topological polar surface area (TPSA) is 0 Å². The minimum absolute atomic E-state index is 0.953. The van der Waals surface area contributed by atoms with Crippen molar-refractivity contribution in [2.75, 3.05) is 0 Å². The van der Waals surface area contributed by atoms with E-state index in [1.54, 1.807) is 0 Å². The predicted molar refractivity (Wildman–Crippen MR) is 120 cm³/mol. The van der Waals surface area contributed by atoms with Gasteiger partial charge in [0.25, 0.3) is 0 Å². The van der Waals surface area contributed by atoms with Crippen molar-refractivity contribution in [2.45, 2.75) is 135 Å². The Hall–Kier alpha value is -0.440. The molecule has 0 spiro atoms. The third-order valence-corrected chi connectivity index (χ3v) is 5.40. The SMILES string of the molecule is [CH2]CCCCCCCC#CCCCC(CCC)CCCCCCCC[CH2]. The van der Waals surface area contributed by atoms with Gasteiger partial charge in [0.1, 0.15) is 0 Å². The van der Waals surface area contributed by atoms with Crippen LogP contribution in [-0.2, 0) is 0 Å². The first-order chi connectivity index (χ1) is 12.8. The summed E-state index contributed by atoms with van der Waals surface area (Å²) >= 11 is 0. The summed E-state index contributed by atoms with van der Waals surface area (Å²) in [7, 11) is 0. The molecule has 0 N–H and O–H groups in total. The number of unbranched alkanes of at least 4 members (excludes halogenated alkanes) is 13. The van der Waals surface area contributed by atoms with E-state index in [0.717, 1.165) is 31.6 Å². The fourth-order valence-corrected chi connectivity index (χ4v) is 3.73. The number of rotatable bonds is 19. The summed E-state index contributed by atoms with van der Waals surface area (Å²) in [6, 6.07) is 0. The van der Waals surface area contributed by atoms with Gasteiger partial charge in [-0.25, -0.2) is 0 Å². The minimum Gasteiger partial charge on any atom is -0.103 e. The van der Waals surface area contributed by atoms with E-state index in [1.165, 1.54) is 103 Å². The monoisotopic (exact) mass is 360 g/mol. The minimum atomic E-state index is 0.953. The van der Waals surface area contributed by atoms with E-state index in [9.17, 15) is 0 Å². The Kier molecular flexibility index (Phi) is 22.2. The first-order valence-electron chi connectivity index (χ1n) is 11.9. The Balaban J connectivity index is 3.54. The zero-order valence-electron chi connectivity index (χ0n) is 18.1. The summed E-state index contributed by atoms with van der Waals surface area (Å²) in [4.78, 5) is 0. The molecular weight excluding hydrogens is 312 g/mol. The summed E-state index contributed by atoms with van der Waals surface area (Å²) in [6.07, 6.45) is 26.4. The second kappa shape index (κ2) is 22.6. The molecule has 0 aromatic rings. The quantitative estimate of drug-likeness (QED) is 0.159. The lowest BCUT2D eigenvalue weighted by Crippen LogP contribution is -2.00. The zero-order valence-corrected chi connectivity index (χ0v) is 18.1. The van der Waals surface area contributed by atoms with Gasteiger partial charge in [-0.05, 0) is 25.2 Å². The fraction of sp³-hybridized carbons (Fsp3) is 0.846. The highest BCUT2D eigenvalue weighted by molar-refractivity contribution is 4.98. The highest BCUT2D eigenvalue weighted by atomic mass is 14.1. The van der Waals surface area contributed by atoms with Crippen molar-refractivity contribution in [1.29, 1.82) is 0 Å². The lowest BCUT2D eigenvalue weighted by Gasteiger charge is -2.15. The third kappa shape index (κ3) is 19.9. The van der Waals surface area contributed by atoms with Crippen LogP contribution in [0.1, 0.15) is 135 Å². The molecule has 0 aliphatic heterocycles. The number of hydrogen-bond acceptors (Lipinski definition) is 0. The maximum absolute atomic E-state index is 3.92. The van der Waals surface area contributed by atoms with Gasteiger partial charge < -0.3 is 0 Å². The Labute approximate surface area is 167 Å². The molecule has 2 radical (unpaired) electrons. The van der Waals surface area contributed by atoms with Crippen molar-refractivity contribution < 1.29 is 0 Å². The molecular formula is C26H48. The van der Waals surface area contributed by atoms with E-state index in [2.05, 4.69) is 32.6 Å². The van der Waals surface area contributed by atoms with Crippen LogP contribution < -0.4 is 0 Å². The van der Waals surface area contributed by atoms with Gasteiger partial charge in [-0.1, -0.05) is 117 Å². The van der Waals surface area contributed by atoms with Gasteiger partial charge in [0.05, 0.1) is 0 Å². The van der Waals surface area contributed by atoms with E-state index in [-0.39, 0.29) is 0 Å². The first-order valence-corrected chi connectivity index (χ1v) is 11.9. The lowest BCUT2D eigenvalue weighted by atomic mass is 9.91. The van der Waals surface area contributed by atoms with Gasteiger partial charge in [-0.2, -0.15) is 0 Å². The molecule has 1 atom stereocenters. The maximum Gasteiger partial charge on any atom is 0.00887 e. The molecule has 0 amide bonds. The fourth-order valence-electron chi connectivity index (χ4n) is 3.73.